The molecule has 1 saturated heterocycles. The Kier molecular flexibility index (Phi) is 6.53. The van der Waals surface area contributed by atoms with Gasteiger partial charge in [0.1, 0.15) is 16.6 Å². The van der Waals surface area contributed by atoms with Crippen molar-refractivity contribution in [1.82, 2.24) is 14.6 Å². The van der Waals surface area contributed by atoms with Gasteiger partial charge in [0.15, 0.2) is 0 Å². The number of carbonyl (C=O) groups is 2. The molecule has 0 aliphatic carbocycles. The first kappa shape index (κ1) is 19.8. The van der Waals surface area contributed by atoms with Crippen LogP contribution >= 0.6 is 11.8 Å². The van der Waals surface area contributed by atoms with Gasteiger partial charge in [0.2, 0.25) is 10.0 Å². The molecule has 140 valence electrons. The molecular weight excluding hydrogens is 366 g/mol. The number of sulfonamides is 1. The average molecular weight is 389 g/mol. The van der Waals surface area contributed by atoms with E-state index in [0.29, 0.717) is 19.5 Å². The van der Waals surface area contributed by atoms with Gasteiger partial charge in [-0.1, -0.05) is 13.8 Å². The predicted molar refractivity (Wildman–Crippen MR) is 95.2 cm³/mol. The number of carbonyl (C=O) groups excluding carboxylic acids is 1. The number of H-pyrrole nitrogens is 1. The van der Waals surface area contributed by atoms with E-state index in [1.54, 1.807) is 11.8 Å². The van der Waals surface area contributed by atoms with Gasteiger partial charge in [-0.25, -0.2) is 13.2 Å². The van der Waals surface area contributed by atoms with E-state index in [2.05, 4.69) is 10.3 Å². The number of aromatic amines is 1. The number of thioether (sulfide) groups is 1. The third-order valence-electron chi connectivity index (χ3n) is 3.82. The van der Waals surface area contributed by atoms with Crippen LogP contribution in [0.2, 0.25) is 0 Å². The number of nitrogens with zero attached hydrogens (tertiary/aromatic N) is 1. The molecule has 1 aromatic rings. The lowest BCUT2D eigenvalue weighted by Gasteiger charge is -2.24. The van der Waals surface area contributed by atoms with Crippen molar-refractivity contribution in [2.24, 2.45) is 5.92 Å². The summed E-state index contributed by atoms with van der Waals surface area (Å²) in [4.78, 5) is 26.1. The molecule has 1 unspecified atom stereocenters. The van der Waals surface area contributed by atoms with Gasteiger partial charge in [-0.05, 0) is 18.4 Å². The Hall–Kier alpha value is -1.52. The number of carboxylic acid groups (broad SMARTS) is 1. The zero-order valence-corrected chi connectivity index (χ0v) is 15.8. The quantitative estimate of drug-likeness (QED) is 0.639. The van der Waals surface area contributed by atoms with Crippen molar-refractivity contribution in [2.45, 2.75) is 31.2 Å². The van der Waals surface area contributed by atoms with E-state index >= 15 is 0 Å². The molecule has 10 heteroatoms. The van der Waals surface area contributed by atoms with Crippen molar-refractivity contribution in [2.75, 3.05) is 24.6 Å². The summed E-state index contributed by atoms with van der Waals surface area (Å²) in [6.45, 7) is 4.60. The van der Waals surface area contributed by atoms with Crippen molar-refractivity contribution in [3.05, 3.63) is 18.0 Å². The number of amides is 1. The van der Waals surface area contributed by atoms with Crippen LogP contribution in [0.15, 0.2) is 17.2 Å². The van der Waals surface area contributed by atoms with E-state index in [9.17, 15) is 23.1 Å². The first-order valence-electron chi connectivity index (χ1n) is 8.01. The highest BCUT2D eigenvalue weighted by Crippen LogP contribution is 2.21. The lowest BCUT2D eigenvalue weighted by molar-refractivity contribution is -0.139. The van der Waals surface area contributed by atoms with Gasteiger partial charge in [0.05, 0.1) is 0 Å². The normalized spacial score (nSPS) is 17.4. The summed E-state index contributed by atoms with van der Waals surface area (Å²) in [5.41, 5.74) is 0.0277. The Balaban J connectivity index is 2.11. The summed E-state index contributed by atoms with van der Waals surface area (Å²) in [5, 5.41) is 11.6. The van der Waals surface area contributed by atoms with Crippen LogP contribution in [0.5, 0.6) is 0 Å². The van der Waals surface area contributed by atoms with E-state index in [1.807, 2.05) is 13.8 Å². The van der Waals surface area contributed by atoms with Crippen molar-refractivity contribution in [3.63, 3.8) is 0 Å². The number of nitrogens with one attached hydrogen (secondary N) is 2. The SMILES string of the molecule is CC(C)CC(NC(=O)c1cc(S(=O)(=O)N2CCSCC2)c[nH]1)C(=O)O. The van der Waals surface area contributed by atoms with Crippen LogP contribution < -0.4 is 5.32 Å². The van der Waals surface area contributed by atoms with Crippen LogP contribution in [-0.2, 0) is 14.8 Å². The Morgan fingerprint density at radius 2 is 2.00 bits per heavy atom. The molecule has 2 heterocycles. The van der Waals surface area contributed by atoms with E-state index < -0.39 is 27.9 Å². The van der Waals surface area contributed by atoms with E-state index in [4.69, 9.17) is 0 Å². The van der Waals surface area contributed by atoms with Gasteiger partial charge >= 0.3 is 5.97 Å². The molecule has 25 heavy (non-hydrogen) atoms. The fourth-order valence-electron chi connectivity index (χ4n) is 2.52. The summed E-state index contributed by atoms with van der Waals surface area (Å²) in [6, 6.07) is 0.232. The second-order valence-electron chi connectivity index (χ2n) is 6.26. The summed E-state index contributed by atoms with van der Waals surface area (Å²) in [7, 11) is -3.65. The number of aliphatic carboxylic acids is 1. The Morgan fingerprint density at radius 3 is 2.56 bits per heavy atom. The third-order valence-corrected chi connectivity index (χ3v) is 6.64. The molecule has 1 amide bonds. The van der Waals surface area contributed by atoms with Crippen LogP contribution in [0.4, 0.5) is 0 Å². The molecule has 1 aliphatic rings. The molecule has 0 spiro atoms. The van der Waals surface area contributed by atoms with Gasteiger partial charge in [0.25, 0.3) is 5.91 Å². The maximum Gasteiger partial charge on any atom is 0.326 e. The maximum atomic E-state index is 12.6. The van der Waals surface area contributed by atoms with Gasteiger partial charge in [-0.15, -0.1) is 0 Å². The summed E-state index contributed by atoms with van der Waals surface area (Å²) < 4.78 is 26.5. The lowest BCUT2D eigenvalue weighted by atomic mass is 10.0. The number of hydrogen-bond acceptors (Lipinski definition) is 5. The third kappa shape index (κ3) is 4.99. The molecule has 1 atom stereocenters. The smallest absolute Gasteiger partial charge is 0.326 e. The van der Waals surface area contributed by atoms with Crippen molar-refractivity contribution >= 4 is 33.7 Å². The van der Waals surface area contributed by atoms with Gasteiger partial charge < -0.3 is 15.4 Å². The van der Waals surface area contributed by atoms with Gasteiger partial charge in [0, 0.05) is 30.8 Å². The molecule has 3 N–H and O–H groups in total. The van der Waals surface area contributed by atoms with E-state index in [0.717, 1.165) is 11.5 Å². The second kappa shape index (κ2) is 8.24. The van der Waals surface area contributed by atoms with Gasteiger partial charge in [-0.2, -0.15) is 16.1 Å². The first-order chi connectivity index (χ1) is 11.7. The van der Waals surface area contributed by atoms with Crippen molar-refractivity contribution in [1.29, 1.82) is 0 Å². The largest absolute Gasteiger partial charge is 0.480 e. The van der Waals surface area contributed by atoms with Crippen LogP contribution in [-0.4, -0.2) is 65.3 Å². The molecule has 1 aliphatic heterocycles. The molecule has 0 saturated carbocycles. The molecule has 0 bridgehead atoms. The lowest BCUT2D eigenvalue weighted by Crippen LogP contribution is -2.41. The fourth-order valence-corrected chi connectivity index (χ4v) is 5.09. The van der Waals surface area contributed by atoms with E-state index in [1.165, 1.54) is 16.6 Å². The van der Waals surface area contributed by atoms with Crippen LogP contribution in [0.3, 0.4) is 0 Å². The van der Waals surface area contributed by atoms with Gasteiger partial charge in [-0.3, -0.25) is 4.79 Å². The highest BCUT2D eigenvalue weighted by Gasteiger charge is 2.28. The highest BCUT2D eigenvalue weighted by atomic mass is 32.2. The highest BCUT2D eigenvalue weighted by molar-refractivity contribution is 7.99. The van der Waals surface area contributed by atoms with Crippen molar-refractivity contribution < 1.29 is 23.1 Å². The van der Waals surface area contributed by atoms with Crippen LogP contribution in [0.25, 0.3) is 0 Å². The zero-order chi connectivity index (χ0) is 18.6. The second-order valence-corrected chi connectivity index (χ2v) is 9.42. The van der Waals surface area contributed by atoms with Crippen molar-refractivity contribution in [3.8, 4) is 0 Å². The Morgan fingerprint density at radius 1 is 1.36 bits per heavy atom. The minimum atomic E-state index is -3.65. The standard InChI is InChI=1S/C15H23N3O5S2/c1-10(2)7-13(15(20)21)17-14(19)12-8-11(9-16-12)25(22,23)18-3-5-24-6-4-18/h8-10,13,16H,3-7H2,1-2H3,(H,17,19)(H,20,21). The fraction of sp³-hybridized carbons (Fsp3) is 0.600. The topological polar surface area (TPSA) is 120 Å². The monoisotopic (exact) mass is 389 g/mol. The molecule has 1 fully saturated rings. The zero-order valence-electron chi connectivity index (χ0n) is 14.2. The molecular formula is C15H23N3O5S2. The minimum absolute atomic E-state index is 0.0142. The van der Waals surface area contributed by atoms with Crippen LogP contribution in [0.1, 0.15) is 30.8 Å². The molecule has 1 aromatic heterocycles. The molecule has 2 rings (SSSR count). The number of hydrogen-bond donors (Lipinski definition) is 3. The summed E-state index contributed by atoms with van der Waals surface area (Å²) >= 11 is 1.70. The number of aromatic nitrogens is 1. The Bertz CT molecular complexity index is 723. The van der Waals surface area contributed by atoms with Crippen LogP contribution in [0, 0.1) is 5.92 Å². The minimum Gasteiger partial charge on any atom is -0.480 e. The first-order valence-corrected chi connectivity index (χ1v) is 10.6. The molecule has 0 radical (unpaired) electrons. The molecule has 8 nitrogen and oxygen atoms in total. The maximum absolute atomic E-state index is 12.6. The average Bonchev–Trinajstić information content (AvgIpc) is 3.05. The summed E-state index contributed by atoms with van der Waals surface area (Å²) in [5.74, 6) is -0.173. The number of carboxylic acids is 1. The number of rotatable bonds is 7. The summed E-state index contributed by atoms with van der Waals surface area (Å²) in [6.07, 6.45) is 1.56. The van der Waals surface area contributed by atoms with E-state index in [-0.39, 0.29) is 16.5 Å². The predicted octanol–water partition coefficient (Wildman–Crippen LogP) is 0.981. The molecule has 0 aromatic carbocycles. The Labute approximate surface area is 151 Å².